The van der Waals surface area contributed by atoms with Crippen molar-refractivity contribution in [3.05, 3.63) is 28.8 Å². The van der Waals surface area contributed by atoms with E-state index in [4.69, 9.17) is 16.9 Å². The van der Waals surface area contributed by atoms with Crippen molar-refractivity contribution < 1.29 is 8.42 Å². The SMILES string of the molecule is CCCCCN(C(C)C)S(=O)(=O)c1cc(C#N)ccc1Cl. The fraction of sp³-hybridized carbons (Fsp3) is 0.533. The lowest BCUT2D eigenvalue weighted by molar-refractivity contribution is 0.345. The van der Waals surface area contributed by atoms with Crippen LogP contribution in [0.4, 0.5) is 0 Å². The van der Waals surface area contributed by atoms with Gasteiger partial charge in [0.2, 0.25) is 10.0 Å². The zero-order chi connectivity index (χ0) is 16.0. The van der Waals surface area contributed by atoms with Crippen LogP contribution in [0.5, 0.6) is 0 Å². The van der Waals surface area contributed by atoms with E-state index in [2.05, 4.69) is 6.92 Å². The van der Waals surface area contributed by atoms with Gasteiger partial charge in [-0.15, -0.1) is 0 Å². The van der Waals surface area contributed by atoms with E-state index in [-0.39, 0.29) is 21.5 Å². The van der Waals surface area contributed by atoms with Gasteiger partial charge in [0.1, 0.15) is 4.90 Å². The molecule has 0 radical (unpaired) electrons. The van der Waals surface area contributed by atoms with Crippen molar-refractivity contribution in [1.29, 1.82) is 5.26 Å². The molecule has 4 nitrogen and oxygen atoms in total. The Morgan fingerprint density at radius 3 is 2.52 bits per heavy atom. The van der Waals surface area contributed by atoms with E-state index in [0.29, 0.717) is 6.54 Å². The highest BCUT2D eigenvalue weighted by Crippen LogP contribution is 2.27. The molecule has 0 heterocycles. The Kier molecular flexibility index (Phi) is 6.66. The second-order valence-corrected chi connectivity index (χ2v) is 7.44. The van der Waals surface area contributed by atoms with Gasteiger partial charge in [-0.25, -0.2) is 8.42 Å². The molecule has 0 aliphatic rings. The van der Waals surface area contributed by atoms with Gasteiger partial charge in [-0.2, -0.15) is 9.57 Å². The van der Waals surface area contributed by atoms with Crippen LogP contribution < -0.4 is 0 Å². The van der Waals surface area contributed by atoms with E-state index in [1.165, 1.54) is 22.5 Å². The molecule has 6 heteroatoms. The summed E-state index contributed by atoms with van der Waals surface area (Å²) in [6.07, 6.45) is 2.81. The number of hydrogen-bond donors (Lipinski definition) is 0. The van der Waals surface area contributed by atoms with Crippen LogP contribution in [0.15, 0.2) is 23.1 Å². The van der Waals surface area contributed by atoms with Crippen LogP contribution in [0.2, 0.25) is 5.02 Å². The Bertz CT molecular complexity index is 621. The fourth-order valence-corrected chi connectivity index (χ4v) is 4.25. The van der Waals surface area contributed by atoms with Crippen LogP contribution in [0.3, 0.4) is 0 Å². The van der Waals surface area contributed by atoms with Crippen molar-refractivity contribution in [2.75, 3.05) is 6.54 Å². The van der Waals surface area contributed by atoms with Gasteiger partial charge in [-0.05, 0) is 38.5 Å². The Morgan fingerprint density at radius 1 is 1.33 bits per heavy atom. The molecule has 0 aromatic heterocycles. The molecule has 0 amide bonds. The maximum absolute atomic E-state index is 12.8. The number of rotatable bonds is 7. The summed E-state index contributed by atoms with van der Waals surface area (Å²) in [4.78, 5) is 0.00779. The predicted molar refractivity (Wildman–Crippen MR) is 84.7 cm³/mol. The molecule has 0 saturated heterocycles. The highest BCUT2D eigenvalue weighted by Gasteiger charge is 2.28. The van der Waals surface area contributed by atoms with Crippen LogP contribution in [0.25, 0.3) is 0 Å². The first-order valence-corrected chi connectivity index (χ1v) is 8.87. The molecule has 21 heavy (non-hydrogen) atoms. The van der Waals surface area contributed by atoms with Crippen LogP contribution >= 0.6 is 11.6 Å². The highest BCUT2D eigenvalue weighted by atomic mass is 35.5. The first-order chi connectivity index (χ1) is 9.84. The summed E-state index contributed by atoms with van der Waals surface area (Å²) in [5, 5.41) is 9.09. The number of unbranched alkanes of at least 4 members (excludes halogenated alkanes) is 2. The topological polar surface area (TPSA) is 61.2 Å². The lowest BCUT2D eigenvalue weighted by atomic mass is 10.2. The maximum Gasteiger partial charge on any atom is 0.244 e. The van der Waals surface area contributed by atoms with Gasteiger partial charge in [0.05, 0.1) is 16.7 Å². The zero-order valence-electron chi connectivity index (χ0n) is 12.6. The lowest BCUT2D eigenvalue weighted by Crippen LogP contribution is -2.37. The number of sulfonamides is 1. The molecule has 0 saturated carbocycles. The first kappa shape index (κ1) is 18.0. The molecule has 116 valence electrons. The van der Waals surface area contributed by atoms with Gasteiger partial charge in [0.15, 0.2) is 0 Å². The predicted octanol–water partition coefficient (Wildman–Crippen LogP) is 3.80. The molecule has 0 bridgehead atoms. The average molecular weight is 329 g/mol. The number of nitriles is 1. The Balaban J connectivity index is 3.20. The minimum absolute atomic E-state index is 0.00779. The molecule has 0 N–H and O–H groups in total. The monoisotopic (exact) mass is 328 g/mol. The van der Waals surface area contributed by atoms with Gasteiger partial charge >= 0.3 is 0 Å². The average Bonchev–Trinajstić information content (AvgIpc) is 2.43. The summed E-state index contributed by atoms with van der Waals surface area (Å²) < 4.78 is 27.0. The summed E-state index contributed by atoms with van der Waals surface area (Å²) in [7, 11) is -3.69. The molecule has 1 aromatic rings. The van der Waals surface area contributed by atoms with Gasteiger partial charge in [-0.1, -0.05) is 31.4 Å². The second kappa shape index (κ2) is 7.79. The molecule has 0 unspecified atom stereocenters. The van der Waals surface area contributed by atoms with E-state index >= 15 is 0 Å². The smallest absolute Gasteiger partial charge is 0.207 e. The minimum atomic E-state index is -3.69. The van der Waals surface area contributed by atoms with Gasteiger partial charge in [0, 0.05) is 12.6 Å². The third-order valence-corrected chi connectivity index (χ3v) is 5.76. The highest BCUT2D eigenvalue weighted by molar-refractivity contribution is 7.89. The van der Waals surface area contributed by atoms with Crippen LogP contribution in [0.1, 0.15) is 45.6 Å². The summed E-state index contributed by atoms with van der Waals surface area (Å²) in [6.45, 7) is 6.21. The summed E-state index contributed by atoms with van der Waals surface area (Å²) >= 11 is 6.03. The summed E-state index contributed by atoms with van der Waals surface area (Å²) in [5.74, 6) is 0. The van der Waals surface area contributed by atoms with Crippen molar-refractivity contribution in [2.24, 2.45) is 0 Å². The number of halogens is 1. The third-order valence-electron chi connectivity index (χ3n) is 3.20. The normalized spacial score (nSPS) is 11.9. The fourth-order valence-electron chi connectivity index (χ4n) is 2.07. The van der Waals surface area contributed by atoms with Crippen LogP contribution in [0, 0.1) is 11.3 Å². The largest absolute Gasteiger partial charge is 0.244 e. The van der Waals surface area contributed by atoms with Gasteiger partial charge < -0.3 is 0 Å². The van der Waals surface area contributed by atoms with Crippen molar-refractivity contribution in [1.82, 2.24) is 4.31 Å². The van der Waals surface area contributed by atoms with Crippen molar-refractivity contribution in [2.45, 2.75) is 51.0 Å². The summed E-state index contributed by atoms with van der Waals surface area (Å²) in [6, 6.07) is 6.09. The molecule has 0 spiro atoms. The Labute approximate surface area is 132 Å². The minimum Gasteiger partial charge on any atom is -0.207 e. The number of benzene rings is 1. The molecule has 0 aliphatic carbocycles. The van der Waals surface area contributed by atoms with E-state index in [0.717, 1.165) is 19.3 Å². The molecule has 1 aromatic carbocycles. The van der Waals surface area contributed by atoms with Crippen LogP contribution in [-0.2, 0) is 10.0 Å². The van der Waals surface area contributed by atoms with E-state index in [1.807, 2.05) is 19.9 Å². The number of nitrogens with zero attached hydrogens (tertiary/aromatic N) is 2. The maximum atomic E-state index is 12.8. The lowest BCUT2D eigenvalue weighted by Gasteiger charge is -2.26. The van der Waals surface area contributed by atoms with E-state index in [9.17, 15) is 8.42 Å². The molecule has 1 rings (SSSR count). The number of hydrogen-bond acceptors (Lipinski definition) is 3. The Hall–Kier alpha value is -1.09. The van der Waals surface area contributed by atoms with Crippen LogP contribution in [-0.4, -0.2) is 25.3 Å². The Morgan fingerprint density at radius 2 is 2.00 bits per heavy atom. The standard InChI is InChI=1S/C15H21ClN2O2S/c1-4-5-6-9-18(12(2)3)21(19,20)15-10-13(11-17)7-8-14(15)16/h7-8,10,12H,4-6,9H2,1-3H3. The first-order valence-electron chi connectivity index (χ1n) is 7.06. The van der Waals surface area contributed by atoms with Gasteiger partial charge in [0.25, 0.3) is 0 Å². The molecular formula is C15H21ClN2O2S. The molecule has 0 fully saturated rings. The van der Waals surface area contributed by atoms with Crippen molar-refractivity contribution >= 4 is 21.6 Å². The quantitative estimate of drug-likeness (QED) is 0.715. The summed E-state index contributed by atoms with van der Waals surface area (Å²) in [5.41, 5.74) is 0.287. The zero-order valence-corrected chi connectivity index (χ0v) is 14.2. The molecule has 0 atom stereocenters. The van der Waals surface area contributed by atoms with Gasteiger partial charge in [-0.3, -0.25) is 0 Å². The van der Waals surface area contributed by atoms with E-state index in [1.54, 1.807) is 0 Å². The third kappa shape index (κ3) is 4.44. The molecular weight excluding hydrogens is 308 g/mol. The second-order valence-electron chi connectivity index (χ2n) is 5.17. The van der Waals surface area contributed by atoms with E-state index < -0.39 is 10.0 Å². The van der Waals surface area contributed by atoms with Crippen molar-refractivity contribution in [3.63, 3.8) is 0 Å². The van der Waals surface area contributed by atoms with Crippen molar-refractivity contribution in [3.8, 4) is 6.07 Å². The molecule has 0 aliphatic heterocycles.